The third-order valence-electron chi connectivity index (χ3n) is 4.15. The maximum atomic E-state index is 6.29. The fraction of sp³-hybridized carbons (Fsp3) is 0.647. The van der Waals surface area contributed by atoms with Crippen LogP contribution in [-0.2, 0) is 4.74 Å². The second kappa shape index (κ2) is 8.02. The van der Waals surface area contributed by atoms with Gasteiger partial charge in [-0.15, -0.1) is 0 Å². The van der Waals surface area contributed by atoms with Crippen molar-refractivity contribution in [3.8, 4) is 0 Å². The van der Waals surface area contributed by atoms with Crippen LogP contribution in [0.25, 0.3) is 0 Å². The Morgan fingerprint density at radius 1 is 1.35 bits per heavy atom. The Labute approximate surface area is 127 Å². The van der Waals surface area contributed by atoms with Crippen molar-refractivity contribution in [3.05, 3.63) is 34.3 Å². The number of ether oxygens (including phenoxy) is 1. The zero-order chi connectivity index (χ0) is 14.4. The van der Waals surface area contributed by atoms with Crippen molar-refractivity contribution in [1.29, 1.82) is 0 Å². The highest BCUT2D eigenvalue weighted by molar-refractivity contribution is 6.31. The van der Waals surface area contributed by atoms with Crippen LogP contribution in [0.5, 0.6) is 0 Å². The summed E-state index contributed by atoms with van der Waals surface area (Å²) in [6.07, 6.45) is 4.71. The van der Waals surface area contributed by atoms with Crippen LogP contribution in [0, 0.1) is 12.8 Å². The molecule has 1 atom stereocenters. The molecule has 3 heteroatoms. The highest BCUT2D eigenvalue weighted by atomic mass is 35.5. The Bertz CT molecular complexity index is 415. The van der Waals surface area contributed by atoms with Crippen LogP contribution in [0.1, 0.15) is 49.8 Å². The first kappa shape index (κ1) is 15.8. The van der Waals surface area contributed by atoms with Crippen LogP contribution in [0.15, 0.2) is 18.2 Å². The second-order valence-electron chi connectivity index (χ2n) is 5.81. The molecule has 1 N–H and O–H groups in total. The summed E-state index contributed by atoms with van der Waals surface area (Å²) in [6, 6.07) is 6.89. The van der Waals surface area contributed by atoms with Crippen molar-refractivity contribution >= 4 is 11.6 Å². The smallest absolute Gasteiger partial charge is 0.0468 e. The van der Waals surface area contributed by atoms with Crippen LogP contribution >= 0.6 is 11.6 Å². The van der Waals surface area contributed by atoms with Crippen molar-refractivity contribution in [2.24, 2.45) is 5.92 Å². The first-order chi connectivity index (χ1) is 9.70. The molecule has 0 aliphatic carbocycles. The Balaban J connectivity index is 2.06. The van der Waals surface area contributed by atoms with Gasteiger partial charge in [0.25, 0.3) is 0 Å². The largest absolute Gasteiger partial charge is 0.381 e. The Morgan fingerprint density at radius 3 is 2.75 bits per heavy atom. The number of halogens is 1. The molecule has 1 fully saturated rings. The van der Waals surface area contributed by atoms with Crippen molar-refractivity contribution in [3.63, 3.8) is 0 Å². The monoisotopic (exact) mass is 295 g/mol. The lowest BCUT2D eigenvalue weighted by Gasteiger charge is -2.28. The molecule has 0 aromatic heterocycles. The molecule has 1 unspecified atom stereocenters. The Kier molecular flexibility index (Phi) is 6.34. The van der Waals surface area contributed by atoms with Crippen LogP contribution < -0.4 is 5.32 Å². The summed E-state index contributed by atoms with van der Waals surface area (Å²) in [6.45, 7) is 7.15. The highest BCUT2D eigenvalue weighted by Crippen LogP contribution is 2.29. The molecular weight excluding hydrogens is 270 g/mol. The number of rotatable bonds is 6. The first-order valence-electron chi connectivity index (χ1n) is 7.78. The van der Waals surface area contributed by atoms with Gasteiger partial charge in [0, 0.05) is 24.3 Å². The number of benzene rings is 1. The molecule has 0 radical (unpaired) electrons. The summed E-state index contributed by atoms with van der Waals surface area (Å²) in [7, 11) is 0. The van der Waals surface area contributed by atoms with Gasteiger partial charge in [-0.2, -0.15) is 0 Å². The quantitative estimate of drug-likeness (QED) is 0.834. The van der Waals surface area contributed by atoms with Crippen LogP contribution in [0.4, 0.5) is 0 Å². The molecule has 1 saturated heterocycles. The van der Waals surface area contributed by atoms with Gasteiger partial charge in [-0.1, -0.05) is 30.7 Å². The van der Waals surface area contributed by atoms with Gasteiger partial charge in [0.2, 0.25) is 0 Å². The SMILES string of the molecule is CCCNC(CC1CCOCC1)c1ccc(C)c(Cl)c1. The second-order valence-corrected chi connectivity index (χ2v) is 6.21. The van der Waals surface area contributed by atoms with E-state index in [0.29, 0.717) is 6.04 Å². The zero-order valence-corrected chi connectivity index (χ0v) is 13.4. The average Bonchev–Trinajstić information content (AvgIpc) is 2.47. The standard InChI is InChI=1S/C17H26ClNO/c1-3-8-19-17(11-14-6-9-20-10-7-14)15-5-4-13(2)16(18)12-15/h4-5,12,14,17,19H,3,6-11H2,1-2H3. The van der Waals surface area contributed by atoms with E-state index in [9.17, 15) is 0 Å². The van der Waals surface area contributed by atoms with E-state index in [1.54, 1.807) is 0 Å². The molecule has 1 heterocycles. The molecule has 0 amide bonds. The van der Waals surface area contributed by atoms with E-state index in [1.807, 2.05) is 0 Å². The number of hydrogen-bond donors (Lipinski definition) is 1. The Hall–Kier alpha value is -0.570. The molecule has 20 heavy (non-hydrogen) atoms. The van der Waals surface area contributed by atoms with E-state index in [1.165, 1.54) is 24.8 Å². The molecule has 112 valence electrons. The molecule has 1 aliphatic rings. The van der Waals surface area contributed by atoms with Gasteiger partial charge >= 0.3 is 0 Å². The molecular formula is C17H26ClNO. The summed E-state index contributed by atoms with van der Waals surface area (Å²) >= 11 is 6.29. The fourth-order valence-electron chi connectivity index (χ4n) is 2.80. The lowest BCUT2D eigenvalue weighted by atomic mass is 9.89. The van der Waals surface area contributed by atoms with Gasteiger partial charge in [-0.05, 0) is 62.3 Å². The molecule has 1 aliphatic heterocycles. The summed E-state index contributed by atoms with van der Waals surface area (Å²) in [4.78, 5) is 0. The third-order valence-corrected chi connectivity index (χ3v) is 4.56. The van der Waals surface area contributed by atoms with Crippen LogP contribution in [0.3, 0.4) is 0 Å². The number of nitrogens with one attached hydrogen (secondary N) is 1. The number of aryl methyl sites for hydroxylation is 1. The van der Waals surface area contributed by atoms with E-state index in [4.69, 9.17) is 16.3 Å². The summed E-state index contributed by atoms with van der Waals surface area (Å²) in [5, 5.41) is 4.55. The van der Waals surface area contributed by atoms with Crippen molar-refractivity contribution in [2.75, 3.05) is 19.8 Å². The van der Waals surface area contributed by atoms with Crippen molar-refractivity contribution in [1.82, 2.24) is 5.32 Å². The average molecular weight is 296 g/mol. The van der Waals surface area contributed by atoms with Gasteiger partial charge in [0.05, 0.1) is 0 Å². The minimum Gasteiger partial charge on any atom is -0.381 e. The summed E-state index contributed by atoms with van der Waals surface area (Å²) in [5.41, 5.74) is 2.47. The molecule has 0 saturated carbocycles. The van der Waals surface area contributed by atoms with E-state index in [0.717, 1.165) is 42.7 Å². The number of hydrogen-bond acceptors (Lipinski definition) is 2. The maximum Gasteiger partial charge on any atom is 0.0468 e. The third kappa shape index (κ3) is 4.47. The molecule has 0 spiro atoms. The van der Waals surface area contributed by atoms with Gasteiger partial charge in [-0.3, -0.25) is 0 Å². The van der Waals surface area contributed by atoms with Crippen molar-refractivity contribution < 1.29 is 4.74 Å². The molecule has 2 rings (SSSR count). The van der Waals surface area contributed by atoms with E-state index < -0.39 is 0 Å². The molecule has 1 aromatic rings. The summed E-state index contributed by atoms with van der Waals surface area (Å²) in [5.74, 6) is 0.762. The van der Waals surface area contributed by atoms with E-state index in [-0.39, 0.29) is 0 Å². The van der Waals surface area contributed by atoms with E-state index >= 15 is 0 Å². The minimum absolute atomic E-state index is 0.413. The topological polar surface area (TPSA) is 21.3 Å². The minimum atomic E-state index is 0.413. The lowest BCUT2D eigenvalue weighted by Crippen LogP contribution is -2.27. The predicted molar refractivity (Wildman–Crippen MR) is 85.4 cm³/mol. The van der Waals surface area contributed by atoms with Gasteiger partial charge in [0.1, 0.15) is 0 Å². The zero-order valence-electron chi connectivity index (χ0n) is 12.6. The van der Waals surface area contributed by atoms with Crippen molar-refractivity contribution in [2.45, 2.75) is 45.6 Å². The van der Waals surface area contributed by atoms with Gasteiger partial charge in [-0.25, -0.2) is 0 Å². The van der Waals surface area contributed by atoms with E-state index in [2.05, 4.69) is 37.4 Å². The Morgan fingerprint density at radius 2 is 2.10 bits per heavy atom. The maximum absolute atomic E-state index is 6.29. The van der Waals surface area contributed by atoms with Crippen LogP contribution in [-0.4, -0.2) is 19.8 Å². The van der Waals surface area contributed by atoms with Crippen LogP contribution in [0.2, 0.25) is 5.02 Å². The fourth-order valence-corrected chi connectivity index (χ4v) is 2.99. The predicted octanol–water partition coefficient (Wildman–Crippen LogP) is 4.51. The normalized spacial score (nSPS) is 18.1. The summed E-state index contributed by atoms with van der Waals surface area (Å²) < 4.78 is 5.46. The lowest BCUT2D eigenvalue weighted by molar-refractivity contribution is 0.0605. The first-order valence-corrected chi connectivity index (χ1v) is 8.15. The molecule has 0 bridgehead atoms. The molecule has 2 nitrogen and oxygen atoms in total. The molecule has 1 aromatic carbocycles. The highest BCUT2D eigenvalue weighted by Gasteiger charge is 2.20. The van der Waals surface area contributed by atoms with Gasteiger partial charge < -0.3 is 10.1 Å². The van der Waals surface area contributed by atoms with Gasteiger partial charge in [0.15, 0.2) is 0 Å².